The number of hydrogen-bond acceptors (Lipinski definition) is 10. The summed E-state index contributed by atoms with van der Waals surface area (Å²) in [6.45, 7) is 1.94. The Kier molecular flexibility index (Phi) is 8.24. The normalized spacial score (nSPS) is 22.8. The molecule has 15 nitrogen and oxygen atoms in total. The minimum Gasteiger partial charge on any atom is -0.461 e. The highest BCUT2D eigenvalue weighted by Crippen LogP contribution is 2.46. The number of nitrogens with zero attached hydrogens (tertiary/aromatic N) is 7. The van der Waals surface area contributed by atoms with Gasteiger partial charge < -0.3 is 30.9 Å². The molecule has 4 N–H and O–H groups in total. The van der Waals surface area contributed by atoms with E-state index < -0.39 is 18.0 Å². The summed E-state index contributed by atoms with van der Waals surface area (Å²) < 4.78 is 48.7. The number of fused-ring (bicyclic) bond motifs is 2. The van der Waals surface area contributed by atoms with E-state index in [0.29, 0.717) is 38.3 Å². The lowest BCUT2D eigenvalue weighted by molar-refractivity contribution is -0.141. The molecule has 0 spiro atoms. The van der Waals surface area contributed by atoms with Crippen LogP contribution in [0.3, 0.4) is 0 Å². The van der Waals surface area contributed by atoms with Crippen LogP contribution in [0.15, 0.2) is 43.0 Å². The standard InChI is InChI=1S/C30H27ClF3N11O4/c31-20-7-15(39-26-27-38-9-22(45(27)6-4-37-26)19-13-44(5-3-35)42-25(19)30(32,33)34)1-2-16(20)28(47)41-24-17-11-43(12-18(17)24)29(48)40-21-8-36-10-23(21)49-14-46/h1-2,4,6-7,9,13-14,17-18,21,23-24,36H,5,8,10-12H2,(H,37,39)(H,40,48)(H,41,47)/t17-,18+,21-,23-,24?/m1/s1. The summed E-state index contributed by atoms with van der Waals surface area (Å²) in [6.07, 6.45) is 0.0641. The smallest absolute Gasteiger partial charge is 0.435 e. The van der Waals surface area contributed by atoms with E-state index in [1.165, 1.54) is 29.1 Å². The number of carbonyl (C=O) groups excluding carboxylic acids is 3. The quantitative estimate of drug-likeness (QED) is 0.190. The maximum absolute atomic E-state index is 13.8. The van der Waals surface area contributed by atoms with Gasteiger partial charge in [-0.2, -0.15) is 23.5 Å². The molecule has 254 valence electrons. The molecule has 5 heterocycles. The topological polar surface area (TPSA) is 184 Å². The van der Waals surface area contributed by atoms with Crippen molar-refractivity contribution in [1.82, 2.24) is 45.0 Å². The predicted molar refractivity (Wildman–Crippen MR) is 165 cm³/mol. The van der Waals surface area contributed by atoms with Crippen molar-refractivity contribution in [3.63, 3.8) is 0 Å². The molecular formula is C30H27ClF3N11O4. The van der Waals surface area contributed by atoms with Gasteiger partial charge in [0.2, 0.25) is 0 Å². The number of halogens is 4. The van der Waals surface area contributed by atoms with E-state index in [9.17, 15) is 27.6 Å². The van der Waals surface area contributed by atoms with Crippen LogP contribution >= 0.6 is 11.6 Å². The van der Waals surface area contributed by atoms with Gasteiger partial charge in [-0.1, -0.05) is 11.6 Å². The van der Waals surface area contributed by atoms with Gasteiger partial charge in [0.1, 0.15) is 12.6 Å². The SMILES string of the molecule is N#CCn1cc(-c2cnc3c(Nc4ccc(C(=O)NC5[C@H]6CN(C(=O)N[C@@H]7CNC[C@H]7OC=O)C[C@@H]56)c(Cl)c4)nccn23)c(C(F)(F)F)n1. The van der Waals surface area contributed by atoms with Gasteiger partial charge in [0.25, 0.3) is 12.4 Å². The summed E-state index contributed by atoms with van der Waals surface area (Å²) in [6, 6.07) is 5.80. The maximum Gasteiger partial charge on any atom is 0.435 e. The minimum absolute atomic E-state index is 0.0968. The number of amides is 3. The van der Waals surface area contributed by atoms with Crippen molar-refractivity contribution in [2.45, 2.75) is 30.9 Å². The molecular weight excluding hydrogens is 671 g/mol. The monoisotopic (exact) mass is 697 g/mol. The Bertz CT molecular complexity index is 1980. The van der Waals surface area contributed by atoms with Crippen LogP contribution in [0.4, 0.5) is 29.5 Å². The van der Waals surface area contributed by atoms with Crippen molar-refractivity contribution < 1.29 is 32.3 Å². The second-order valence-corrected chi connectivity index (χ2v) is 12.3. The molecule has 4 aromatic rings. The Labute approximate surface area is 280 Å². The molecule has 2 aliphatic heterocycles. The van der Waals surface area contributed by atoms with E-state index in [0.717, 1.165) is 10.9 Å². The van der Waals surface area contributed by atoms with E-state index in [4.69, 9.17) is 21.6 Å². The zero-order valence-electron chi connectivity index (χ0n) is 25.3. The Morgan fingerprint density at radius 3 is 2.69 bits per heavy atom. The highest BCUT2D eigenvalue weighted by molar-refractivity contribution is 6.34. The molecule has 0 bridgehead atoms. The molecule has 2 saturated heterocycles. The number of hydrogen-bond donors (Lipinski definition) is 4. The third-order valence-electron chi connectivity index (χ3n) is 8.92. The van der Waals surface area contributed by atoms with Crippen LogP contribution in [0.25, 0.3) is 16.9 Å². The van der Waals surface area contributed by atoms with E-state index in [2.05, 4.69) is 36.3 Å². The van der Waals surface area contributed by atoms with Crippen molar-refractivity contribution in [2.24, 2.45) is 11.8 Å². The average molecular weight is 698 g/mol. The van der Waals surface area contributed by atoms with Gasteiger partial charge in [-0.25, -0.2) is 14.8 Å². The summed E-state index contributed by atoms with van der Waals surface area (Å²) in [4.78, 5) is 46.8. The van der Waals surface area contributed by atoms with Crippen molar-refractivity contribution in [1.29, 1.82) is 5.26 Å². The number of anilines is 2. The molecule has 0 radical (unpaired) electrons. The molecule has 3 aliphatic rings. The van der Waals surface area contributed by atoms with Gasteiger partial charge in [-0.05, 0) is 18.2 Å². The zero-order valence-corrected chi connectivity index (χ0v) is 26.1. The number of imidazole rings is 1. The number of nitriles is 1. The van der Waals surface area contributed by atoms with Crippen LogP contribution in [0.2, 0.25) is 5.02 Å². The third kappa shape index (κ3) is 6.18. The molecule has 1 aromatic carbocycles. The van der Waals surface area contributed by atoms with E-state index in [1.54, 1.807) is 23.1 Å². The molecule has 3 amide bonds. The number of ether oxygens (including phenoxy) is 1. The first kappa shape index (κ1) is 32.2. The number of alkyl halides is 3. The van der Waals surface area contributed by atoms with Crippen LogP contribution in [0.1, 0.15) is 16.1 Å². The lowest BCUT2D eigenvalue weighted by Gasteiger charge is -2.25. The maximum atomic E-state index is 13.8. The van der Waals surface area contributed by atoms with E-state index >= 15 is 0 Å². The molecule has 3 fully saturated rings. The lowest BCUT2D eigenvalue weighted by atomic mass is 10.2. The number of urea groups is 1. The fourth-order valence-corrected chi connectivity index (χ4v) is 6.76. The van der Waals surface area contributed by atoms with Crippen molar-refractivity contribution in [2.75, 3.05) is 31.5 Å². The fourth-order valence-electron chi connectivity index (χ4n) is 6.49. The highest BCUT2D eigenvalue weighted by Gasteiger charge is 2.57. The Balaban J connectivity index is 0.988. The number of rotatable bonds is 9. The van der Waals surface area contributed by atoms with Crippen LogP contribution in [0, 0.1) is 23.2 Å². The van der Waals surface area contributed by atoms with Crippen molar-refractivity contribution in [3.8, 4) is 17.3 Å². The second kappa shape index (κ2) is 12.6. The molecule has 7 rings (SSSR count). The van der Waals surface area contributed by atoms with Crippen molar-refractivity contribution >= 4 is 47.2 Å². The Morgan fingerprint density at radius 1 is 1.18 bits per heavy atom. The summed E-state index contributed by atoms with van der Waals surface area (Å²) in [5.74, 6) is 0.0674. The Hall–Kier alpha value is -5.41. The first-order valence-corrected chi connectivity index (χ1v) is 15.5. The van der Waals surface area contributed by atoms with Gasteiger partial charge >= 0.3 is 12.2 Å². The average Bonchev–Trinajstić information content (AvgIpc) is 3.66. The molecule has 1 saturated carbocycles. The summed E-state index contributed by atoms with van der Waals surface area (Å²) in [5, 5.41) is 24.7. The molecule has 5 atom stereocenters. The number of likely N-dealkylation sites (tertiary alicyclic amines) is 1. The summed E-state index contributed by atoms with van der Waals surface area (Å²) >= 11 is 6.51. The van der Waals surface area contributed by atoms with Gasteiger partial charge in [0.05, 0.1) is 40.2 Å². The fraction of sp³-hybridized carbons (Fsp3) is 0.367. The first-order valence-electron chi connectivity index (χ1n) is 15.1. The largest absolute Gasteiger partial charge is 0.461 e. The molecule has 1 aliphatic carbocycles. The van der Waals surface area contributed by atoms with E-state index in [1.807, 2.05) is 0 Å². The second-order valence-electron chi connectivity index (χ2n) is 11.9. The molecule has 1 unspecified atom stereocenters. The lowest BCUT2D eigenvalue weighted by Crippen LogP contribution is -2.50. The number of piperidine rings is 1. The number of carbonyl (C=O) groups is 3. The number of nitrogens with one attached hydrogen (secondary N) is 4. The van der Waals surface area contributed by atoms with Crippen LogP contribution in [0.5, 0.6) is 0 Å². The predicted octanol–water partition coefficient (Wildman–Crippen LogP) is 2.42. The van der Waals surface area contributed by atoms with E-state index in [-0.39, 0.29) is 75.7 Å². The van der Waals surface area contributed by atoms with Gasteiger partial charge in [-0.3, -0.25) is 18.7 Å². The molecule has 3 aromatic heterocycles. The highest BCUT2D eigenvalue weighted by atomic mass is 35.5. The van der Waals surface area contributed by atoms with Crippen molar-refractivity contribution in [3.05, 3.63) is 59.3 Å². The Morgan fingerprint density at radius 2 is 1.98 bits per heavy atom. The summed E-state index contributed by atoms with van der Waals surface area (Å²) in [7, 11) is 0. The van der Waals surface area contributed by atoms with Crippen LogP contribution in [-0.2, 0) is 22.3 Å². The number of benzene rings is 1. The first-order chi connectivity index (χ1) is 23.5. The van der Waals surface area contributed by atoms with Crippen LogP contribution in [-0.4, -0.2) is 91.8 Å². The van der Waals surface area contributed by atoms with Crippen LogP contribution < -0.4 is 21.3 Å². The third-order valence-corrected chi connectivity index (χ3v) is 9.23. The van der Waals surface area contributed by atoms with Gasteiger partial charge in [0, 0.05) is 68.3 Å². The molecule has 49 heavy (non-hydrogen) atoms. The number of aromatic nitrogens is 5. The molecule has 19 heteroatoms. The van der Waals surface area contributed by atoms with Gasteiger partial charge in [0.15, 0.2) is 17.2 Å². The summed E-state index contributed by atoms with van der Waals surface area (Å²) in [5.41, 5.74) is -0.389. The zero-order chi connectivity index (χ0) is 34.4. The van der Waals surface area contributed by atoms with Gasteiger partial charge in [-0.15, -0.1) is 0 Å². The minimum atomic E-state index is -4.76.